The quantitative estimate of drug-likeness (QED) is 0.455. The van der Waals surface area contributed by atoms with Gasteiger partial charge in [0, 0.05) is 30.4 Å². The topological polar surface area (TPSA) is 66.9 Å². The third-order valence-electron chi connectivity index (χ3n) is 4.66. The van der Waals surface area contributed by atoms with E-state index < -0.39 is 0 Å². The number of aromatic amines is 1. The summed E-state index contributed by atoms with van der Waals surface area (Å²) in [4.78, 5) is 27.5. The van der Waals surface area contributed by atoms with Crippen molar-refractivity contribution in [2.45, 2.75) is 32.2 Å². The number of hydrogen-bond acceptors (Lipinski definition) is 3. The standard InChI is InChI=1S/C21H21N3O2S/c25-20(23-16-10-9-15-11-12-22-18(15)14-16)8-2-1-5-13-24-21(26)17-6-3-4-7-19(17)27-24/h3-4,6-7,9-12,14,22H,1-2,5,8,13H2,(H,23,25). The third-order valence-corrected chi connectivity index (χ3v) is 5.78. The van der Waals surface area contributed by atoms with Gasteiger partial charge in [-0.25, -0.2) is 0 Å². The maximum atomic E-state index is 12.3. The Balaban J connectivity index is 1.23. The maximum Gasteiger partial charge on any atom is 0.268 e. The van der Waals surface area contributed by atoms with E-state index in [1.165, 1.54) is 11.5 Å². The normalized spacial score (nSPS) is 11.3. The van der Waals surface area contributed by atoms with Crippen molar-refractivity contribution in [2.75, 3.05) is 5.32 Å². The second kappa shape index (κ2) is 7.80. The van der Waals surface area contributed by atoms with Crippen molar-refractivity contribution in [1.82, 2.24) is 8.94 Å². The summed E-state index contributed by atoms with van der Waals surface area (Å²) >= 11 is 1.51. The number of nitrogens with one attached hydrogen (secondary N) is 2. The van der Waals surface area contributed by atoms with Crippen LogP contribution in [0.15, 0.2) is 59.5 Å². The minimum Gasteiger partial charge on any atom is -0.361 e. The Morgan fingerprint density at radius 2 is 1.96 bits per heavy atom. The van der Waals surface area contributed by atoms with E-state index in [1.54, 1.807) is 0 Å². The maximum absolute atomic E-state index is 12.3. The molecule has 2 aromatic heterocycles. The van der Waals surface area contributed by atoms with Crippen LogP contribution in [0.2, 0.25) is 0 Å². The fourth-order valence-corrected chi connectivity index (χ4v) is 4.26. The van der Waals surface area contributed by atoms with Crippen LogP contribution in [0, 0.1) is 0 Å². The number of hydrogen-bond donors (Lipinski definition) is 2. The molecule has 0 aliphatic carbocycles. The van der Waals surface area contributed by atoms with Crippen LogP contribution in [0.4, 0.5) is 5.69 Å². The number of amides is 1. The van der Waals surface area contributed by atoms with E-state index in [0.717, 1.165) is 45.9 Å². The summed E-state index contributed by atoms with van der Waals surface area (Å²) < 4.78 is 2.84. The molecule has 0 aliphatic heterocycles. The third kappa shape index (κ3) is 3.95. The molecule has 138 valence electrons. The lowest BCUT2D eigenvalue weighted by Crippen LogP contribution is -2.13. The van der Waals surface area contributed by atoms with E-state index in [9.17, 15) is 9.59 Å². The van der Waals surface area contributed by atoms with Gasteiger partial charge in [-0.05, 0) is 48.6 Å². The van der Waals surface area contributed by atoms with Gasteiger partial charge in [0.25, 0.3) is 5.56 Å². The fraction of sp³-hybridized carbons (Fsp3) is 0.238. The summed E-state index contributed by atoms with van der Waals surface area (Å²) in [6, 6.07) is 15.6. The molecule has 4 rings (SSSR count). The molecule has 0 bridgehead atoms. The van der Waals surface area contributed by atoms with Gasteiger partial charge < -0.3 is 10.3 Å². The van der Waals surface area contributed by atoms with Crippen molar-refractivity contribution in [1.29, 1.82) is 0 Å². The second-order valence-electron chi connectivity index (χ2n) is 6.63. The minimum absolute atomic E-state index is 0.0277. The molecule has 2 N–H and O–H groups in total. The Morgan fingerprint density at radius 3 is 2.85 bits per heavy atom. The molecule has 2 aromatic carbocycles. The molecule has 27 heavy (non-hydrogen) atoms. The zero-order valence-corrected chi connectivity index (χ0v) is 15.7. The highest BCUT2D eigenvalue weighted by molar-refractivity contribution is 7.13. The largest absolute Gasteiger partial charge is 0.361 e. The second-order valence-corrected chi connectivity index (χ2v) is 7.70. The van der Waals surface area contributed by atoms with Crippen LogP contribution < -0.4 is 10.9 Å². The predicted octanol–water partition coefficient (Wildman–Crippen LogP) is 4.74. The smallest absolute Gasteiger partial charge is 0.268 e. The summed E-state index contributed by atoms with van der Waals surface area (Å²) in [7, 11) is 0. The molecule has 5 nitrogen and oxygen atoms in total. The molecule has 0 saturated carbocycles. The fourth-order valence-electron chi connectivity index (χ4n) is 3.23. The van der Waals surface area contributed by atoms with Crippen LogP contribution in [0.25, 0.3) is 21.0 Å². The zero-order chi connectivity index (χ0) is 18.6. The number of fused-ring (bicyclic) bond motifs is 2. The Hall–Kier alpha value is -2.86. The van der Waals surface area contributed by atoms with Crippen molar-refractivity contribution < 1.29 is 4.79 Å². The van der Waals surface area contributed by atoms with E-state index in [-0.39, 0.29) is 11.5 Å². The van der Waals surface area contributed by atoms with Crippen molar-refractivity contribution in [2.24, 2.45) is 0 Å². The van der Waals surface area contributed by atoms with Gasteiger partial charge in [0.05, 0.1) is 10.1 Å². The first-order valence-corrected chi connectivity index (χ1v) is 9.94. The molecular weight excluding hydrogens is 358 g/mol. The van der Waals surface area contributed by atoms with Gasteiger partial charge in [0.1, 0.15) is 0 Å². The molecule has 0 fully saturated rings. The van der Waals surface area contributed by atoms with Crippen LogP contribution in [-0.2, 0) is 11.3 Å². The summed E-state index contributed by atoms with van der Waals surface area (Å²) in [5, 5.41) is 4.87. The average Bonchev–Trinajstić information content (AvgIpc) is 3.26. The molecular formula is C21H21N3O2S. The lowest BCUT2D eigenvalue weighted by molar-refractivity contribution is -0.116. The Bertz CT molecular complexity index is 1140. The van der Waals surface area contributed by atoms with Gasteiger partial charge in [-0.1, -0.05) is 36.2 Å². The number of carbonyl (C=O) groups excluding carboxylic acids is 1. The van der Waals surface area contributed by atoms with Crippen molar-refractivity contribution >= 4 is 44.1 Å². The summed E-state index contributed by atoms with van der Waals surface area (Å²) in [5.74, 6) is 0.0277. The van der Waals surface area contributed by atoms with E-state index >= 15 is 0 Å². The van der Waals surface area contributed by atoms with Gasteiger partial charge in [-0.2, -0.15) is 0 Å². The molecule has 0 aliphatic rings. The Morgan fingerprint density at radius 1 is 1.07 bits per heavy atom. The SMILES string of the molecule is O=C(CCCCCn1sc2ccccc2c1=O)Nc1ccc2cc[nH]c2c1. The molecule has 0 unspecified atom stereocenters. The number of aromatic nitrogens is 2. The van der Waals surface area contributed by atoms with Crippen molar-refractivity contribution in [3.8, 4) is 0 Å². The van der Waals surface area contributed by atoms with E-state index in [4.69, 9.17) is 0 Å². The molecule has 6 heteroatoms. The van der Waals surface area contributed by atoms with Gasteiger partial charge in [-0.15, -0.1) is 0 Å². The van der Waals surface area contributed by atoms with Crippen LogP contribution in [0.3, 0.4) is 0 Å². The number of aryl methyl sites for hydroxylation is 1. The van der Waals surface area contributed by atoms with Crippen LogP contribution in [-0.4, -0.2) is 14.8 Å². The molecule has 4 aromatic rings. The van der Waals surface area contributed by atoms with Gasteiger partial charge >= 0.3 is 0 Å². The lowest BCUT2D eigenvalue weighted by atomic mass is 10.2. The average molecular weight is 379 g/mol. The first kappa shape index (κ1) is 17.5. The number of anilines is 1. The number of benzene rings is 2. The highest BCUT2D eigenvalue weighted by atomic mass is 32.1. The number of rotatable bonds is 7. The van der Waals surface area contributed by atoms with Crippen LogP contribution in [0.1, 0.15) is 25.7 Å². The summed E-state index contributed by atoms with van der Waals surface area (Å²) in [6.45, 7) is 0.712. The monoisotopic (exact) mass is 379 g/mol. The molecule has 0 saturated heterocycles. The molecule has 0 radical (unpaired) electrons. The van der Waals surface area contributed by atoms with Gasteiger partial charge in [-0.3, -0.25) is 13.5 Å². The predicted molar refractivity (Wildman–Crippen MR) is 111 cm³/mol. The van der Waals surface area contributed by atoms with Crippen molar-refractivity contribution in [3.63, 3.8) is 0 Å². The highest BCUT2D eigenvalue weighted by Gasteiger charge is 2.07. The summed E-state index contributed by atoms with van der Waals surface area (Å²) in [5.41, 5.74) is 1.92. The van der Waals surface area contributed by atoms with Crippen molar-refractivity contribution in [3.05, 3.63) is 65.1 Å². The molecule has 1 amide bonds. The van der Waals surface area contributed by atoms with Crippen LogP contribution in [0.5, 0.6) is 0 Å². The van der Waals surface area contributed by atoms with E-state index in [2.05, 4.69) is 10.3 Å². The molecule has 2 heterocycles. The van der Waals surface area contributed by atoms with Gasteiger partial charge in [0.15, 0.2) is 0 Å². The number of carbonyl (C=O) groups is 1. The number of nitrogens with zero attached hydrogens (tertiary/aromatic N) is 1. The molecule has 0 spiro atoms. The van der Waals surface area contributed by atoms with Crippen LogP contribution >= 0.6 is 11.5 Å². The zero-order valence-electron chi connectivity index (χ0n) is 14.9. The van der Waals surface area contributed by atoms with E-state index in [0.29, 0.717) is 13.0 Å². The minimum atomic E-state index is 0.0277. The number of H-pyrrole nitrogens is 1. The summed E-state index contributed by atoms with van der Waals surface area (Å²) in [6.07, 6.45) is 5.01. The first-order chi connectivity index (χ1) is 13.2. The Kier molecular flexibility index (Phi) is 5.07. The van der Waals surface area contributed by atoms with E-state index in [1.807, 2.05) is 58.7 Å². The number of unbranched alkanes of at least 4 members (excludes halogenated alkanes) is 2. The lowest BCUT2D eigenvalue weighted by Gasteiger charge is -2.06. The van der Waals surface area contributed by atoms with Gasteiger partial charge in [0.2, 0.25) is 5.91 Å². The molecule has 0 atom stereocenters. The highest BCUT2D eigenvalue weighted by Crippen LogP contribution is 2.19. The Labute approximate surface area is 160 Å². The first-order valence-electron chi connectivity index (χ1n) is 9.16.